The summed E-state index contributed by atoms with van der Waals surface area (Å²) in [6.45, 7) is 6.09. The number of benzene rings is 3. The van der Waals surface area contributed by atoms with E-state index in [0.29, 0.717) is 17.9 Å². The molecule has 3 aromatic rings. The molecule has 0 spiro atoms. The van der Waals surface area contributed by atoms with Crippen molar-refractivity contribution in [2.75, 3.05) is 30.3 Å². The van der Waals surface area contributed by atoms with E-state index in [1.54, 1.807) is 29.2 Å². The van der Waals surface area contributed by atoms with Gasteiger partial charge >= 0.3 is 0 Å². The summed E-state index contributed by atoms with van der Waals surface area (Å²) in [6.07, 6.45) is 0. The lowest BCUT2D eigenvalue weighted by Gasteiger charge is -2.21. The highest BCUT2D eigenvalue weighted by Crippen LogP contribution is 2.20. The summed E-state index contributed by atoms with van der Waals surface area (Å²) < 4.78 is 0. The van der Waals surface area contributed by atoms with Crippen molar-refractivity contribution in [1.82, 2.24) is 10.2 Å². The van der Waals surface area contributed by atoms with Gasteiger partial charge in [0.05, 0.1) is 19.1 Å². The number of nitrogens with zero attached hydrogens (tertiary/aromatic N) is 1. The molecule has 0 bridgehead atoms. The normalized spacial score (nSPS) is 11.8. The maximum absolute atomic E-state index is 12.6. The first kappa shape index (κ1) is 23.9. The summed E-state index contributed by atoms with van der Waals surface area (Å²) in [5.41, 5.74) is 2.32. The second-order valence-corrected chi connectivity index (χ2v) is 8.01. The van der Waals surface area contributed by atoms with Crippen LogP contribution in [0.4, 0.5) is 11.4 Å². The Morgan fingerprint density at radius 1 is 0.818 bits per heavy atom. The Hall–Kier alpha value is -3.71. The van der Waals surface area contributed by atoms with Gasteiger partial charge in [0.2, 0.25) is 17.7 Å². The number of nitrogens with one attached hydrogen (secondary N) is 3. The minimum atomic E-state index is -0.209. The van der Waals surface area contributed by atoms with Gasteiger partial charge in [0, 0.05) is 18.3 Å². The molecule has 0 heterocycles. The van der Waals surface area contributed by atoms with E-state index in [-0.39, 0.29) is 36.9 Å². The Balaban J connectivity index is 1.51. The van der Waals surface area contributed by atoms with Crippen molar-refractivity contribution in [2.45, 2.75) is 26.8 Å². The van der Waals surface area contributed by atoms with E-state index in [1.165, 1.54) is 6.92 Å². The summed E-state index contributed by atoms with van der Waals surface area (Å²) in [6, 6.07) is 21.0. The SMILES string of the molecule is CCN(CC(=O)Nc1ccc(NC(C)=O)cc1)CC(=O)NC(C)c1ccc2ccccc2c1. The lowest BCUT2D eigenvalue weighted by atomic mass is 10.0. The molecule has 0 saturated heterocycles. The van der Waals surface area contributed by atoms with Crippen LogP contribution in [0.1, 0.15) is 32.4 Å². The largest absolute Gasteiger partial charge is 0.348 e. The van der Waals surface area contributed by atoms with Crippen LogP contribution in [0.25, 0.3) is 10.8 Å². The van der Waals surface area contributed by atoms with E-state index >= 15 is 0 Å². The minimum Gasteiger partial charge on any atom is -0.348 e. The molecule has 1 unspecified atom stereocenters. The number of hydrogen-bond donors (Lipinski definition) is 3. The van der Waals surface area contributed by atoms with Crippen molar-refractivity contribution in [1.29, 1.82) is 0 Å². The monoisotopic (exact) mass is 446 g/mol. The van der Waals surface area contributed by atoms with Crippen LogP contribution in [-0.4, -0.2) is 42.3 Å². The van der Waals surface area contributed by atoms with Crippen molar-refractivity contribution in [3.05, 3.63) is 72.3 Å². The third-order valence-electron chi connectivity index (χ3n) is 5.32. The number of fused-ring (bicyclic) bond motifs is 1. The van der Waals surface area contributed by atoms with Gasteiger partial charge in [0.25, 0.3) is 0 Å². The molecular weight excluding hydrogens is 416 g/mol. The quantitative estimate of drug-likeness (QED) is 0.464. The minimum absolute atomic E-state index is 0.0989. The highest BCUT2D eigenvalue weighted by molar-refractivity contribution is 5.93. The molecule has 0 aliphatic heterocycles. The highest BCUT2D eigenvalue weighted by atomic mass is 16.2. The van der Waals surface area contributed by atoms with Gasteiger partial charge in [-0.2, -0.15) is 0 Å². The fraction of sp³-hybridized carbons (Fsp3) is 0.269. The lowest BCUT2D eigenvalue weighted by Crippen LogP contribution is -2.41. The van der Waals surface area contributed by atoms with Gasteiger partial charge in [0.1, 0.15) is 0 Å². The van der Waals surface area contributed by atoms with E-state index in [9.17, 15) is 14.4 Å². The predicted molar refractivity (Wildman–Crippen MR) is 132 cm³/mol. The van der Waals surface area contributed by atoms with Gasteiger partial charge in [-0.15, -0.1) is 0 Å². The third-order valence-corrected chi connectivity index (χ3v) is 5.32. The standard InChI is InChI=1S/C26H30N4O3/c1-4-30(17-26(33)29-24-13-11-23(12-14-24)28-19(3)31)16-25(32)27-18(2)21-10-9-20-7-5-6-8-22(20)15-21/h5-15,18H,4,16-17H2,1-3H3,(H,27,32)(H,28,31)(H,29,33). The second kappa shape index (κ2) is 11.2. The van der Waals surface area contributed by atoms with Crippen LogP contribution in [0.5, 0.6) is 0 Å². The van der Waals surface area contributed by atoms with Crippen LogP contribution in [0.15, 0.2) is 66.7 Å². The second-order valence-electron chi connectivity index (χ2n) is 8.01. The molecule has 0 fully saturated rings. The summed E-state index contributed by atoms with van der Waals surface area (Å²) in [4.78, 5) is 37.9. The summed E-state index contributed by atoms with van der Waals surface area (Å²) in [7, 11) is 0. The summed E-state index contributed by atoms with van der Waals surface area (Å²) in [5.74, 6) is -0.497. The van der Waals surface area contributed by atoms with Gasteiger partial charge < -0.3 is 16.0 Å². The first-order chi connectivity index (χ1) is 15.8. The maximum Gasteiger partial charge on any atom is 0.238 e. The number of hydrogen-bond acceptors (Lipinski definition) is 4. The predicted octanol–water partition coefficient (Wildman–Crippen LogP) is 3.94. The van der Waals surface area contributed by atoms with Gasteiger partial charge in [-0.05, 0) is 60.1 Å². The zero-order chi connectivity index (χ0) is 23.8. The summed E-state index contributed by atoms with van der Waals surface area (Å²) >= 11 is 0. The van der Waals surface area contributed by atoms with Gasteiger partial charge in [-0.3, -0.25) is 19.3 Å². The summed E-state index contributed by atoms with van der Waals surface area (Å²) in [5, 5.41) is 10.8. The van der Waals surface area contributed by atoms with Crippen LogP contribution in [0.2, 0.25) is 0 Å². The number of carbonyl (C=O) groups is 3. The Morgan fingerprint density at radius 2 is 1.42 bits per heavy atom. The van der Waals surface area contributed by atoms with Crippen molar-refractivity contribution < 1.29 is 14.4 Å². The molecule has 33 heavy (non-hydrogen) atoms. The fourth-order valence-corrected chi connectivity index (χ4v) is 3.57. The topological polar surface area (TPSA) is 90.5 Å². The van der Waals surface area contributed by atoms with Crippen LogP contribution >= 0.6 is 0 Å². The molecule has 172 valence electrons. The van der Waals surface area contributed by atoms with Crippen molar-refractivity contribution >= 4 is 39.9 Å². The Bertz CT molecular complexity index is 1130. The molecule has 0 aliphatic carbocycles. The Labute approximate surface area is 194 Å². The van der Waals surface area contributed by atoms with Crippen LogP contribution in [0, 0.1) is 0 Å². The first-order valence-corrected chi connectivity index (χ1v) is 11.0. The number of likely N-dealkylation sites (N-methyl/N-ethyl adjacent to an activating group) is 1. The van der Waals surface area contributed by atoms with Crippen LogP contribution in [0.3, 0.4) is 0 Å². The Morgan fingerprint density at radius 3 is 2.06 bits per heavy atom. The number of rotatable bonds is 9. The van der Waals surface area contributed by atoms with E-state index < -0.39 is 0 Å². The number of carbonyl (C=O) groups excluding carboxylic acids is 3. The average Bonchev–Trinajstić information content (AvgIpc) is 2.79. The molecular formula is C26H30N4O3. The van der Waals surface area contributed by atoms with Crippen molar-refractivity contribution in [3.63, 3.8) is 0 Å². The van der Waals surface area contributed by atoms with E-state index in [2.05, 4.69) is 40.2 Å². The molecule has 7 heteroatoms. The molecule has 3 N–H and O–H groups in total. The third kappa shape index (κ3) is 7.15. The molecule has 0 radical (unpaired) electrons. The first-order valence-electron chi connectivity index (χ1n) is 11.0. The molecule has 3 rings (SSSR count). The molecule has 7 nitrogen and oxygen atoms in total. The zero-order valence-electron chi connectivity index (χ0n) is 19.2. The molecule has 0 saturated carbocycles. The van der Waals surface area contributed by atoms with E-state index in [4.69, 9.17) is 0 Å². The van der Waals surface area contributed by atoms with Crippen LogP contribution < -0.4 is 16.0 Å². The molecule has 0 aliphatic rings. The van der Waals surface area contributed by atoms with Crippen molar-refractivity contribution in [3.8, 4) is 0 Å². The van der Waals surface area contributed by atoms with E-state index in [0.717, 1.165) is 16.3 Å². The average molecular weight is 447 g/mol. The number of anilines is 2. The van der Waals surface area contributed by atoms with Crippen molar-refractivity contribution in [2.24, 2.45) is 0 Å². The Kier molecular flexibility index (Phi) is 8.16. The molecule has 0 aromatic heterocycles. The van der Waals surface area contributed by atoms with E-state index in [1.807, 2.05) is 32.0 Å². The van der Waals surface area contributed by atoms with Gasteiger partial charge in [0.15, 0.2) is 0 Å². The zero-order valence-corrected chi connectivity index (χ0v) is 19.2. The van der Waals surface area contributed by atoms with Crippen LogP contribution in [-0.2, 0) is 14.4 Å². The highest BCUT2D eigenvalue weighted by Gasteiger charge is 2.16. The fourth-order valence-electron chi connectivity index (χ4n) is 3.57. The van der Waals surface area contributed by atoms with Gasteiger partial charge in [-0.1, -0.05) is 43.3 Å². The van der Waals surface area contributed by atoms with Gasteiger partial charge in [-0.25, -0.2) is 0 Å². The lowest BCUT2D eigenvalue weighted by molar-refractivity contribution is -0.124. The number of amides is 3. The molecule has 1 atom stereocenters. The molecule has 3 amide bonds. The maximum atomic E-state index is 12.6. The molecule has 3 aromatic carbocycles. The smallest absolute Gasteiger partial charge is 0.238 e.